The highest BCUT2D eigenvalue weighted by molar-refractivity contribution is 7.55. The zero-order chi connectivity index (χ0) is 13.0. The zero-order valence-electron chi connectivity index (χ0n) is 9.92. The Kier molecular flexibility index (Phi) is 5.58. The molecular weight excluding hydrogens is 239 g/mol. The van der Waals surface area contributed by atoms with Crippen LogP contribution in [0.4, 0.5) is 0 Å². The Morgan fingerprint density at radius 1 is 1.19 bits per heavy atom. The Hall–Kier alpha value is -0.460. The van der Waals surface area contributed by atoms with Gasteiger partial charge >= 0.3 is 13.6 Å². The van der Waals surface area contributed by atoms with E-state index in [1.165, 1.54) is 0 Å². The van der Waals surface area contributed by atoms with Crippen molar-refractivity contribution in [3.8, 4) is 0 Å². The number of rotatable bonds is 6. The minimum absolute atomic E-state index is 0.849. The van der Waals surface area contributed by atoms with E-state index in [0.717, 1.165) is 14.2 Å². The Morgan fingerprint density at radius 2 is 1.56 bits per heavy atom. The third-order valence-electron chi connectivity index (χ3n) is 1.73. The van der Waals surface area contributed by atoms with Gasteiger partial charge in [-0.3, -0.25) is 9.36 Å². The predicted molar refractivity (Wildman–Crippen MR) is 54.7 cm³/mol. The molecule has 0 aromatic carbocycles. The molecule has 1 atom stereocenters. The van der Waals surface area contributed by atoms with Gasteiger partial charge in [-0.25, -0.2) is 9.78 Å². The fourth-order valence-electron chi connectivity index (χ4n) is 1.29. The number of carbonyl (C=O) groups is 1. The lowest BCUT2D eigenvalue weighted by Crippen LogP contribution is -2.35. The summed E-state index contributed by atoms with van der Waals surface area (Å²) >= 11 is 0. The molecule has 0 heterocycles. The summed E-state index contributed by atoms with van der Waals surface area (Å²) in [6.07, 6.45) is 0. The standard InChI is InChI=1S/C8H17O7P/c1-8(2,3)6(7(9)10)16(11,14-12-4)15-13-5/h6H,1-5H3,(H,9,10). The first-order valence-electron chi connectivity index (χ1n) is 4.46. The molecule has 0 radical (unpaired) electrons. The SMILES string of the molecule is COOP(=O)(OOC)C(C(=O)O)C(C)(C)C. The monoisotopic (exact) mass is 256 g/mol. The normalized spacial score (nSPS) is 14.8. The van der Waals surface area contributed by atoms with E-state index in [9.17, 15) is 9.36 Å². The van der Waals surface area contributed by atoms with E-state index in [1.807, 2.05) is 0 Å². The van der Waals surface area contributed by atoms with Crippen LogP contribution in [0.2, 0.25) is 0 Å². The second-order valence-corrected chi connectivity index (χ2v) is 6.02. The highest BCUT2D eigenvalue weighted by Crippen LogP contribution is 2.58. The number of hydrogen-bond donors (Lipinski definition) is 1. The number of aliphatic carboxylic acids is 1. The third-order valence-corrected chi connectivity index (χ3v) is 4.07. The van der Waals surface area contributed by atoms with Crippen molar-refractivity contribution in [1.29, 1.82) is 0 Å². The smallest absolute Gasteiger partial charge is 0.398 e. The Morgan fingerprint density at radius 3 is 1.75 bits per heavy atom. The lowest BCUT2D eigenvalue weighted by Gasteiger charge is -2.30. The van der Waals surface area contributed by atoms with Crippen molar-refractivity contribution in [1.82, 2.24) is 0 Å². The van der Waals surface area contributed by atoms with E-state index >= 15 is 0 Å². The molecule has 0 fully saturated rings. The lowest BCUT2D eigenvalue weighted by atomic mass is 9.92. The molecule has 0 spiro atoms. The van der Waals surface area contributed by atoms with Crippen molar-refractivity contribution >= 4 is 13.6 Å². The van der Waals surface area contributed by atoms with E-state index < -0.39 is 24.6 Å². The van der Waals surface area contributed by atoms with E-state index in [1.54, 1.807) is 20.8 Å². The van der Waals surface area contributed by atoms with Crippen LogP contribution in [0.1, 0.15) is 20.8 Å². The molecule has 0 amide bonds. The second kappa shape index (κ2) is 5.75. The molecule has 0 aliphatic heterocycles. The average Bonchev–Trinajstić information content (AvgIpc) is 1.99. The highest BCUT2D eigenvalue weighted by Gasteiger charge is 2.51. The summed E-state index contributed by atoms with van der Waals surface area (Å²) < 4.78 is 21.0. The van der Waals surface area contributed by atoms with E-state index in [2.05, 4.69) is 19.1 Å². The minimum Gasteiger partial charge on any atom is -0.481 e. The van der Waals surface area contributed by atoms with Crippen LogP contribution in [-0.4, -0.2) is 31.0 Å². The van der Waals surface area contributed by atoms with Gasteiger partial charge in [0.05, 0.1) is 14.2 Å². The van der Waals surface area contributed by atoms with Crippen LogP contribution in [0.25, 0.3) is 0 Å². The van der Waals surface area contributed by atoms with Crippen molar-refractivity contribution < 1.29 is 33.6 Å². The third kappa shape index (κ3) is 3.84. The van der Waals surface area contributed by atoms with E-state index in [-0.39, 0.29) is 0 Å². The molecule has 0 aromatic heterocycles. The summed E-state index contributed by atoms with van der Waals surface area (Å²) in [6.45, 7) is 4.78. The second-order valence-electron chi connectivity index (χ2n) is 4.13. The molecule has 0 rings (SSSR count). The lowest BCUT2D eigenvalue weighted by molar-refractivity contribution is -0.245. The Balaban J connectivity index is 5.27. The maximum atomic E-state index is 12.1. The highest BCUT2D eigenvalue weighted by atomic mass is 31.2. The maximum absolute atomic E-state index is 12.1. The van der Waals surface area contributed by atoms with Crippen molar-refractivity contribution in [3.05, 3.63) is 0 Å². The minimum atomic E-state index is -4.05. The molecule has 7 nitrogen and oxygen atoms in total. The molecule has 0 aliphatic rings. The topological polar surface area (TPSA) is 91.3 Å². The zero-order valence-corrected chi connectivity index (χ0v) is 10.8. The number of hydrogen-bond acceptors (Lipinski definition) is 6. The first kappa shape index (κ1) is 15.5. The summed E-state index contributed by atoms with van der Waals surface area (Å²) in [4.78, 5) is 19.6. The van der Waals surface area contributed by atoms with Gasteiger partial charge in [0.25, 0.3) is 0 Å². The molecule has 0 aliphatic carbocycles. The maximum Gasteiger partial charge on any atom is 0.398 e. The van der Waals surface area contributed by atoms with Crippen LogP contribution in [0, 0.1) is 5.41 Å². The van der Waals surface area contributed by atoms with Crippen LogP contribution in [0.15, 0.2) is 0 Å². The van der Waals surface area contributed by atoms with Gasteiger partial charge < -0.3 is 5.11 Å². The molecule has 1 unspecified atom stereocenters. The first-order chi connectivity index (χ1) is 7.19. The summed E-state index contributed by atoms with van der Waals surface area (Å²) in [5, 5.41) is 9.05. The molecule has 8 heteroatoms. The first-order valence-corrected chi connectivity index (χ1v) is 6.07. The molecule has 16 heavy (non-hydrogen) atoms. The van der Waals surface area contributed by atoms with Gasteiger partial charge in [0.15, 0.2) is 5.66 Å². The van der Waals surface area contributed by atoms with Gasteiger partial charge in [-0.15, -0.1) is 9.35 Å². The molecule has 0 saturated heterocycles. The van der Waals surface area contributed by atoms with Crippen LogP contribution >= 0.6 is 7.60 Å². The van der Waals surface area contributed by atoms with Gasteiger partial charge in [0.2, 0.25) is 0 Å². The summed E-state index contributed by atoms with van der Waals surface area (Å²) in [5.41, 5.74) is -2.25. The Bertz CT molecular complexity index is 273. The molecule has 0 saturated carbocycles. The summed E-state index contributed by atoms with van der Waals surface area (Å²) in [7, 11) is -1.84. The number of carboxylic acid groups (broad SMARTS) is 1. The van der Waals surface area contributed by atoms with Crippen LogP contribution in [0.5, 0.6) is 0 Å². The molecular formula is C8H17O7P. The van der Waals surface area contributed by atoms with Crippen molar-refractivity contribution in [2.75, 3.05) is 14.2 Å². The van der Waals surface area contributed by atoms with Crippen LogP contribution < -0.4 is 0 Å². The summed E-state index contributed by atoms with van der Waals surface area (Å²) in [6, 6.07) is 0. The largest absolute Gasteiger partial charge is 0.481 e. The van der Waals surface area contributed by atoms with Crippen molar-refractivity contribution in [2.45, 2.75) is 26.4 Å². The van der Waals surface area contributed by atoms with Crippen molar-refractivity contribution in [3.63, 3.8) is 0 Å². The Labute approximate surface area is 94.0 Å². The van der Waals surface area contributed by atoms with Gasteiger partial charge in [0.1, 0.15) is 0 Å². The van der Waals surface area contributed by atoms with E-state index in [0.29, 0.717) is 0 Å². The predicted octanol–water partition coefficient (Wildman–Crippen LogP) is 1.83. The van der Waals surface area contributed by atoms with Crippen LogP contribution in [-0.2, 0) is 28.5 Å². The molecule has 0 aromatic rings. The number of carboxylic acids is 1. The summed E-state index contributed by atoms with van der Waals surface area (Å²) in [5.74, 6) is -1.31. The van der Waals surface area contributed by atoms with Crippen LogP contribution in [0.3, 0.4) is 0 Å². The van der Waals surface area contributed by atoms with E-state index in [4.69, 9.17) is 5.11 Å². The molecule has 0 bridgehead atoms. The molecule has 96 valence electrons. The van der Waals surface area contributed by atoms with Gasteiger partial charge in [-0.1, -0.05) is 20.8 Å². The van der Waals surface area contributed by atoms with Gasteiger partial charge in [0, 0.05) is 0 Å². The van der Waals surface area contributed by atoms with Gasteiger partial charge in [-0.05, 0) is 5.41 Å². The fraction of sp³-hybridized carbons (Fsp3) is 0.875. The van der Waals surface area contributed by atoms with Crippen molar-refractivity contribution in [2.24, 2.45) is 5.41 Å². The van der Waals surface area contributed by atoms with Gasteiger partial charge in [-0.2, -0.15) is 0 Å². The fourth-order valence-corrected chi connectivity index (χ4v) is 3.12. The quantitative estimate of drug-likeness (QED) is 0.440. The molecule has 1 N–H and O–H groups in total. The average molecular weight is 256 g/mol.